The number of hydrogen-bond acceptors (Lipinski definition) is 3. The number of nitrogens with zero attached hydrogens (tertiary/aromatic N) is 3. The van der Waals surface area contributed by atoms with Crippen molar-refractivity contribution in [2.75, 3.05) is 19.6 Å². The first-order valence-corrected chi connectivity index (χ1v) is 8.02. The first-order chi connectivity index (χ1) is 11.6. The fraction of sp³-hybridized carbons (Fsp3) is 0.353. The van der Waals surface area contributed by atoms with Gasteiger partial charge in [-0.1, -0.05) is 12.1 Å². The molecule has 7 heteroatoms. The number of para-hydroxylation sites is 1. The zero-order valence-corrected chi connectivity index (χ0v) is 13.2. The van der Waals surface area contributed by atoms with Gasteiger partial charge in [-0.05, 0) is 31.0 Å². The van der Waals surface area contributed by atoms with Gasteiger partial charge in [-0.2, -0.15) is 5.10 Å². The van der Waals surface area contributed by atoms with Crippen LogP contribution in [0, 0.1) is 5.82 Å². The molecule has 1 saturated heterocycles. The van der Waals surface area contributed by atoms with Crippen LogP contribution in [-0.4, -0.2) is 46.1 Å². The van der Waals surface area contributed by atoms with Crippen LogP contribution in [0.1, 0.15) is 29.8 Å². The molecule has 0 radical (unpaired) electrons. The molecular formula is C17H19FN4O2. The molecule has 1 aromatic carbocycles. The van der Waals surface area contributed by atoms with E-state index in [0.29, 0.717) is 31.6 Å². The molecule has 1 aliphatic heterocycles. The molecule has 24 heavy (non-hydrogen) atoms. The van der Waals surface area contributed by atoms with Crippen molar-refractivity contribution in [1.29, 1.82) is 0 Å². The van der Waals surface area contributed by atoms with Crippen LogP contribution in [0.25, 0.3) is 5.69 Å². The van der Waals surface area contributed by atoms with Crippen molar-refractivity contribution in [2.45, 2.75) is 19.3 Å². The summed E-state index contributed by atoms with van der Waals surface area (Å²) in [6.07, 6.45) is 3.79. The third kappa shape index (κ3) is 3.61. The van der Waals surface area contributed by atoms with E-state index in [4.69, 9.17) is 0 Å². The SMILES string of the molecule is O=C(NCCCN1CCCC1=O)c1ccn(-c2ccccc2F)n1. The van der Waals surface area contributed by atoms with Gasteiger partial charge in [0.15, 0.2) is 5.69 Å². The Balaban J connectivity index is 1.51. The molecule has 126 valence electrons. The van der Waals surface area contributed by atoms with E-state index in [-0.39, 0.29) is 17.5 Å². The van der Waals surface area contributed by atoms with E-state index in [0.717, 1.165) is 13.0 Å². The second-order valence-electron chi connectivity index (χ2n) is 5.69. The van der Waals surface area contributed by atoms with Gasteiger partial charge in [0, 0.05) is 32.3 Å². The molecule has 0 unspecified atom stereocenters. The largest absolute Gasteiger partial charge is 0.351 e. The second-order valence-corrected chi connectivity index (χ2v) is 5.69. The zero-order chi connectivity index (χ0) is 16.9. The molecule has 2 aromatic rings. The minimum absolute atomic E-state index is 0.185. The van der Waals surface area contributed by atoms with Crippen molar-refractivity contribution in [3.63, 3.8) is 0 Å². The number of nitrogens with one attached hydrogen (secondary N) is 1. The minimum Gasteiger partial charge on any atom is -0.351 e. The number of hydrogen-bond donors (Lipinski definition) is 1. The number of aromatic nitrogens is 2. The van der Waals surface area contributed by atoms with Crippen LogP contribution in [0.4, 0.5) is 4.39 Å². The summed E-state index contributed by atoms with van der Waals surface area (Å²) in [6.45, 7) is 1.93. The van der Waals surface area contributed by atoms with Gasteiger partial charge in [0.25, 0.3) is 5.91 Å². The molecule has 1 fully saturated rings. The Morgan fingerprint density at radius 1 is 1.29 bits per heavy atom. The number of carbonyl (C=O) groups excluding carboxylic acids is 2. The molecule has 3 rings (SSSR count). The molecule has 1 aliphatic rings. The zero-order valence-electron chi connectivity index (χ0n) is 13.2. The van der Waals surface area contributed by atoms with Gasteiger partial charge in [-0.25, -0.2) is 9.07 Å². The fourth-order valence-electron chi connectivity index (χ4n) is 2.72. The molecule has 0 aliphatic carbocycles. The average Bonchev–Trinajstić information content (AvgIpc) is 3.21. The summed E-state index contributed by atoms with van der Waals surface area (Å²) in [5, 5.41) is 6.88. The molecular weight excluding hydrogens is 311 g/mol. The number of carbonyl (C=O) groups is 2. The van der Waals surface area contributed by atoms with Crippen molar-refractivity contribution < 1.29 is 14.0 Å². The quantitative estimate of drug-likeness (QED) is 0.821. The van der Waals surface area contributed by atoms with E-state index >= 15 is 0 Å². The van der Waals surface area contributed by atoms with E-state index in [1.807, 2.05) is 4.90 Å². The number of benzene rings is 1. The number of rotatable bonds is 6. The molecule has 6 nitrogen and oxygen atoms in total. The lowest BCUT2D eigenvalue weighted by atomic mass is 10.3. The van der Waals surface area contributed by atoms with Crippen molar-refractivity contribution in [1.82, 2.24) is 20.0 Å². The van der Waals surface area contributed by atoms with Crippen molar-refractivity contribution >= 4 is 11.8 Å². The van der Waals surface area contributed by atoms with Gasteiger partial charge in [-0.3, -0.25) is 9.59 Å². The Morgan fingerprint density at radius 2 is 2.12 bits per heavy atom. The van der Waals surface area contributed by atoms with Crippen molar-refractivity contribution in [3.8, 4) is 5.69 Å². The first kappa shape index (κ1) is 16.2. The summed E-state index contributed by atoms with van der Waals surface area (Å²) in [5.74, 6) is -0.523. The Kier molecular flexibility index (Phi) is 4.88. The highest BCUT2D eigenvalue weighted by atomic mass is 19.1. The summed E-state index contributed by atoms with van der Waals surface area (Å²) < 4.78 is 15.1. The maximum atomic E-state index is 13.7. The average molecular weight is 330 g/mol. The van der Waals surface area contributed by atoms with Gasteiger partial charge in [0.05, 0.1) is 0 Å². The van der Waals surface area contributed by atoms with Crippen LogP contribution in [-0.2, 0) is 4.79 Å². The van der Waals surface area contributed by atoms with Crippen molar-refractivity contribution in [3.05, 3.63) is 48.0 Å². The predicted molar refractivity (Wildman–Crippen MR) is 86.3 cm³/mol. The first-order valence-electron chi connectivity index (χ1n) is 8.02. The summed E-state index contributed by atoms with van der Waals surface area (Å²) in [4.78, 5) is 25.4. The maximum Gasteiger partial charge on any atom is 0.271 e. The topological polar surface area (TPSA) is 67.2 Å². The van der Waals surface area contributed by atoms with Gasteiger partial charge < -0.3 is 10.2 Å². The highest BCUT2D eigenvalue weighted by molar-refractivity contribution is 5.92. The van der Waals surface area contributed by atoms with Gasteiger partial charge in [0.2, 0.25) is 5.91 Å². The van der Waals surface area contributed by atoms with Crippen LogP contribution in [0.15, 0.2) is 36.5 Å². The summed E-state index contributed by atoms with van der Waals surface area (Å²) in [6, 6.07) is 7.79. The van der Waals surface area contributed by atoms with E-state index in [9.17, 15) is 14.0 Å². The standard InChI is InChI=1S/C17H19FN4O2/c18-13-5-1-2-6-15(13)22-12-8-14(20-22)17(24)19-9-4-11-21-10-3-7-16(21)23/h1-2,5-6,8,12H,3-4,7,9-11H2,(H,19,24). The Labute approximate surface area is 139 Å². The highest BCUT2D eigenvalue weighted by Crippen LogP contribution is 2.12. The Morgan fingerprint density at radius 3 is 2.88 bits per heavy atom. The van der Waals surface area contributed by atoms with Crippen LogP contribution < -0.4 is 5.32 Å². The maximum absolute atomic E-state index is 13.7. The molecule has 0 bridgehead atoms. The minimum atomic E-state index is -0.400. The normalized spacial score (nSPS) is 14.2. The third-order valence-electron chi connectivity index (χ3n) is 3.98. The van der Waals surface area contributed by atoms with Gasteiger partial charge in [0.1, 0.15) is 11.5 Å². The highest BCUT2D eigenvalue weighted by Gasteiger charge is 2.19. The molecule has 0 atom stereocenters. The lowest BCUT2D eigenvalue weighted by Gasteiger charge is -2.15. The number of halogens is 1. The number of amides is 2. The predicted octanol–water partition coefficient (Wildman–Crippen LogP) is 1.75. The molecule has 0 spiro atoms. The van der Waals surface area contributed by atoms with Crippen molar-refractivity contribution in [2.24, 2.45) is 0 Å². The summed E-state index contributed by atoms with van der Waals surface area (Å²) in [5.41, 5.74) is 0.527. The van der Waals surface area contributed by atoms with Crippen LogP contribution >= 0.6 is 0 Å². The van der Waals surface area contributed by atoms with E-state index in [1.54, 1.807) is 30.5 Å². The van der Waals surface area contributed by atoms with Gasteiger partial charge in [-0.15, -0.1) is 0 Å². The van der Waals surface area contributed by atoms with Crippen LogP contribution in [0.3, 0.4) is 0 Å². The summed E-state index contributed by atoms with van der Waals surface area (Å²) in [7, 11) is 0. The van der Waals surface area contributed by atoms with Crippen LogP contribution in [0.5, 0.6) is 0 Å². The Hall–Kier alpha value is -2.70. The molecule has 2 amide bonds. The third-order valence-corrected chi connectivity index (χ3v) is 3.98. The second kappa shape index (κ2) is 7.25. The van der Waals surface area contributed by atoms with E-state index in [1.165, 1.54) is 10.7 Å². The molecule has 1 N–H and O–H groups in total. The van der Waals surface area contributed by atoms with Crippen LogP contribution in [0.2, 0.25) is 0 Å². The Bertz CT molecular complexity index is 744. The number of likely N-dealkylation sites (tertiary alicyclic amines) is 1. The monoisotopic (exact) mass is 330 g/mol. The lowest BCUT2D eigenvalue weighted by Crippen LogP contribution is -2.30. The molecule has 1 aromatic heterocycles. The molecule has 2 heterocycles. The fourth-order valence-corrected chi connectivity index (χ4v) is 2.72. The lowest BCUT2D eigenvalue weighted by molar-refractivity contribution is -0.127. The van der Waals surface area contributed by atoms with E-state index < -0.39 is 5.82 Å². The smallest absolute Gasteiger partial charge is 0.271 e. The van der Waals surface area contributed by atoms with Gasteiger partial charge >= 0.3 is 0 Å². The molecule has 0 saturated carbocycles. The summed E-state index contributed by atoms with van der Waals surface area (Å²) >= 11 is 0. The van der Waals surface area contributed by atoms with E-state index in [2.05, 4.69) is 10.4 Å².